The van der Waals surface area contributed by atoms with Crippen LogP contribution >= 0.6 is 0 Å². The van der Waals surface area contributed by atoms with E-state index in [9.17, 15) is 5.11 Å². The molecule has 1 aromatic carbocycles. The van der Waals surface area contributed by atoms with E-state index in [-0.39, 0.29) is 17.7 Å². The molecule has 7 nitrogen and oxygen atoms in total. The summed E-state index contributed by atoms with van der Waals surface area (Å²) in [4.78, 5) is 6.91. The molecule has 0 atom stereocenters. The number of benzene rings is 1. The number of β-amino-alcohol motifs (C(OH)–C–C–N with tert-alkyl or cyclic N) is 1. The van der Waals surface area contributed by atoms with Crippen LogP contribution in [0.15, 0.2) is 36.5 Å². The first-order chi connectivity index (χ1) is 16.9. The van der Waals surface area contributed by atoms with Gasteiger partial charge in [-0.25, -0.2) is 9.67 Å². The van der Waals surface area contributed by atoms with Crippen LogP contribution in [0.5, 0.6) is 0 Å². The van der Waals surface area contributed by atoms with E-state index in [1.165, 1.54) is 22.3 Å². The molecule has 194 valence electrons. The van der Waals surface area contributed by atoms with Gasteiger partial charge in [-0.3, -0.25) is 4.90 Å². The van der Waals surface area contributed by atoms with E-state index in [1.54, 1.807) is 0 Å². The molecule has 7 heteroatoms. The standard InChI is InChI=1S/C29H42N6O/c1-20-8-10-24(32-28(2,3)4)14-21(20)9-11-25-16-27(35(33-25)29(5,6)7)31-26-15-22-18-34(12-13-36)19-23(22)17-30-26/h8,10,14-17,32,36H,9,11-13,18-19H2,1-7H3,(H,30,31). The number of aryl methyl sites for hydroxylation is 3. The monoisotopic (exact) mass is 490 g/mol. The minimum absolute atomic E-state index is 0.0291. The molecule has 0 spiro atoms. The van der Waals surface area contributed by atoms with E-state index < -0.39 is 0 Å². The molecule has 3 N–H and O–H groups in total. The largest absolute Gasteiger partial charge is 0.395 e. The van der Waals surface area contributed by atoms with Crippen LogP contribution in [0.2, 0.25) is 0 Å². The number of fused-ring (bicyclic) bond motifs is 1. The molecule has 0 bridgehead atoms. The summed E-state index contributed by atoms with van der Waals surface area (Å²) < 4.78 is 2.07. The van der Waals surface area contributed by atoms with E-state index >= 15 is 0 Å². The summed E-state index contributed by atoms with van der Waals surface area (Å²) in [5, 5.41) is 21.4. The number of nitrogens with zero attached hydrogens (tertiary/aromatic N) is 4. The third-order valence-corrected chi connectivity index (χ3v) is 6.46. The highest BCUT2D eigenvalue weighted by Gasteiger charge is 2.22. The topological polar surface area (TPSA) is 78.2 Å². The van der Waals surface area contributed by atoms with Crippen molar-refractivity contribution in [2.75, 3.05) is 23.8 Å². The molecule has 0 fully saturated rings. The number of hydrogen-bond acceptors (Lipinski definition) is 6. The highest BCUT2D eigenvalue weighted by Crippen LogP contribution is 2.28. The Labute approximate surface area is 215 Å². The first kappa shape index (κ1) is 26.2. The van der Waals surface area contributed by atoms with Gasteiger partial charge in [-0.15, -0.1) is 0 Å². The first-order valence-corrected chi connectivity index (χ1v) is 13.0. The third-order valence-electron chi connectivity index (χ3n) is 6.46. The van der Waals surface area contributed by atoms with Crippen LogP contribution in [0.25, 0.3) is 0 Å². The van der Waals surface area contributed by atoms with Crippen molar-refractivity contribution in [1.29, 1.82) is 0 Å². The molecular formula is C29H42N6O. The molecule has 0 aliphatic carbocycles. The van der Waals surface area contributed by atoms with Crippen LogP contribution in [0.1, 0.15) is 69.5 Å². The summed E-state index contributed by atoms with van der Waals surface area (Å²) in [5.41, 5.74) is 7.24. The molecule has 4 rings (SSSR count). The lowest BCUT2D eigenvalue weighted by molar-refractivity contribution is 0.198. The lowest BCUT2D eigenvalue weighted by Crippen LogP contribution is -2.26. The predicted octanol–water partition coefficient (Wildman–Crippen LogP) is 5.39. The van der Waals surface area contributed by atoms with E-state index in [0.29, 0.717) is 6.54 Å². The van der Waals surface area contributed by atoms with E-state index in [1.807, 2.05) is 6.20 Å². The summed E-state index contributed by atoms with van der Waals surface area (Å²) in [6, 6.07) is 10.9. The molecule has 1 aliphatic rings. The summed E-state index contributed by atoms with van der Waals surface area (Å²) >= 11 is 0. The van der Waals surface area contributed by atoms with Crippen molar-refractivity contribution in [3.8, 4) is 0 Å². The number of aromatic nitrogens is 3. The van der Waals surface area contributed by atoms with Gasteiger partial charge in [0, 0.05) is 43.1 Å². The zero-order valence-corrected chi connectivity index (χ0v) is 22.9. The molecule has 0 amide bonds. The maximum Gasteiger partial charge on any atom is 0.131 e. The molecule has 0 radical (unpaired) electrons. The van der Waals surface area contributed by atoms with Crippen LogP contribution in [0, 0.1) is 6.92 Å². The average molecular weight is 491 g/mol. The van der Waals surface area contributed by atoms with Gasteiger partial charge in [-0.1, -0.05) is 6.07 Å². The highest BCUT2D eigenvalue weighted by atomic mass is 16.3. The van der Waals surface area contributed by atoms with Gasteiger partial charge in [0.25, 0.3) is 0 Å². The predicted molar refractivity (Wildman–Crippen MR) is 148 cm³/mol. The van der Waals surface area contributed by atoms with Gasteiger partial charge in [0.05, 0.1) is 17.8 Å². The number of rotatable bonds is 8. The molecule has 1 aliphatic heterocycles. The summed E-state index contributed by atoms with van der Waals surface area (Å²) in [6.07, 6.45) is 3.75. The van der Waals surface area contributed by atoms with Crippen molar-refractivity contribution in [3.05, 3.63) is 64.5 Å². The maximum absolute atomic E-state index is 9.27. The quantitative estimate of drug-likeness (QED) is 0.393. The summed E-state index contributed by atoms with van der Waals surface area (Å²) in [6.45, 7) is 17.8. The van der Waals surface area contributed by atoms with Crippen molar-refractivity contribution >= 4 is 17.3 Å². The lowest BCUT2D eigenvalue weighted by Gasteiger charge is -2.23. The van der Waals surface area contributed by atoms with E-state index in [4.69, 9.17) is 5.10 Å². The molecular weight excluding hydrogens is 448 g/mol. The molecule has 0 saturated heterocycles. The van der Waals surface area contributed by atoms with Crippen LogP contribution in [0.4, 0.5) is 17.3 Å². The third kappa shape index (κ3) is 6.45. The minimum Gasteiger partial charge on any atom is -0.395 e. The number of aliphatic hydroxyl groups excluding tert-OH is 1. The van der Waals surface area contributed by atoms with Crippen LogP contribution in [0.3, 0.4) is 0 Å². The van der Waals surface area contributed by atoms with Gasteiger partial charge in [0.15, 0.2) is 0 Å². The van der Waals surface area contributed by atoms with Gasteiger partial charge in [0.2, 0.25) is 0 Å². The van der Waals surface area contributed by atoms with Gasteiger partial charge >= 0.3 is 0 Å². The van der Waals surface area contributed by atoms with Gasteiger partial charge < -0.3 is 15.7 Å². The Balaban J connectivity index is 1.51. The molecule has 3 heterocycles. The summed E-state index contributed by atoms with van der Waals surface area (Å²) in [7, 11) is 0. The van der Waals surface area contributed by atoms with Gasteiger partial charge in [-0.05, 0) is 102 Å². The Hall–Kier alpha value is -2.90. The van der Waals surface area contributed by atoms with Crippen molar-refractivity contribution < 1.29 is 5.11 Å². The van der Waals surface area contributed by atoms with Gasteiger partial charge in [-0.2, -0.15) is 5.10 Å². The second-order valence-electron chi connectivity index (χ2n) is 12.0. The van der Waals surface area contributed by atoms with Crippen LogP contribution in [-0.2, 0) is 31.5 Å². The van der Waals surface area contributed by atoms with Crippen molar-refractivity contribution in [1.82, 2.24) is 19.7 Å². The van der Waals surface area contributed by atoms with Gasteiger partial charge in [0.1, 0.15) is 11.6 Å². The fourth-order valence-corrected chi connectivity index (χ4v) is 4.72. The number of hydrogen-bond donors (Lipinski definition) is 3. The van der Waals surface area contributed by atoms with E-state index in [0.717, 1.165) is 48.9 Å². The van der Waals surface area contributed by atoms with Crippen LogP contribution < -0.4 is 10.6 Å². The number of anilines is 3. The second kappa shape index (κ2) is 10.2. The maximum atomic E-state index is 9.27. The highest BCUT2D eigenvalue weighted by molar-refractivity contribution is 5.55. The molecule has 2 aromatic heterocycles. The zero-order chi connectivity index (χ0) is 26.1. The molecule has 36 heavy (non-hydrogen) atoms. The molecule has 0 saturated carbocycles. The molecule has 0 unspecified atom stereocenters. The van der Waals surface area contributed by atoms with E-state index in [2.05, 4.69) is 104 Å². The fraction of sp³-hybridized carbons (Fsp3) is 0.517. The number of pyridine rings is 1. The Morgan fingerprint density at radius 1 is 0.972 bits per heavy atom. The minimum atomic E-state index is -0.165. The Bertz CT molecular complexity index is 1200. The normalized spacial score (nSPS) is 14.2. The van der Waals surface area contributed by atoms with Crippen molar-refractivity contribution in [3.63, 3.8) is 0 Å². The molecule has 3 aromatic rings. The Kier molecular flexibility index (Phi) is 7.43. The fourth-order valence-electron chi connectivity index (χ4n) is 4.72. The zero-order valence-electron chi connectivity index (χ0n) is 22.9. The number of nitrogens with one attached hydrogen (secondary N) is 2. The first-order valence-electron chi connectivity index (χ1n) is 13.0. The smallest absolute Gasteiger partial charge is 0.131 e. The number of aliphatic hydroxyl groups is 1. The Morgan fingerprint density at radius 3 is 2.42 bits per heavy atom. The lowest BCUT2D eigenvalue weighted by atomic mass is 10.0. The average Bonchev–Trinajstić information content (AvgIpc) is 3.36. The Morgan fingerprint density at radius 2 is 1.72 bits per heavy atom. The SMILES string of the molecule is Cc1ccc(NC(C)(C)C)cc1CCc1cc(Nc2cc3c(cn2)CN(CCO)C3)n(C(C)(C)C)n1. The van der Waals surface area contributed by atoms with Crippen LogP contribution in [-0.4, -0.2) is 43.5 Å². The van der Waals surface area contributed by atoms with Crippen molar-refractivity contribution in [2.45, 2.75) is 85.5 Å². The second-order valence-corrected chi connectivity index (χ2v) is 12.0. The van der Waals surface area contributed by atoms with Crippen molar-refractivity contribution in [2.24, 2.45) is 0 Å². The summed E-state index contributed by atoms with van der Waals surface area (Å²) in [5.74, 6) is 1.78.